The Kier molecular flexibility index (Phi) is 1.65. The van der Waals surface area contributed by atoms with Crippen molar-refractivity contribution < 1.29 is 4.39 Å². The Labute approximate surface area is 71.4 Å². The van der Waals surface area contributed by atoms with Crippen LogP contribution in [0.5, 0.6) is 0 Å². The zero-order valence-electron chi connectivity index (χ0n) is 7.05. The molecule has 1 nitrogen and oxygen atoms in total. The van der Waals surface area contributed by atoms with Crippen LogP contribution in [0, 0.1) is 12.7 Å². The van der Waals surface area contributed by atoms with E-state index in [9.17, 15) is 4.39 Å². The average Bonchev–Trinajstić information content (AvgIpc) is 2.73. The van der Waals surface area contributed by atoms with Crippen LogP contribution >= 0.6 is 0 Å². The van der Waals surface area contributed by atoms with Crippen molar-refractivity contribution in [3.8, 4) is 0 Å². The first-order chi connectivity index (χ1) is 5.70. The van der Waals surface area contributed by atoms with Gasteiger partial charge in [0.25, 0.3) is 0 Å². The molecule has 0 saturated heterocycles. The molecule has 1 aromatic carbocycles. The van der Waals surface area contributed by atoms with E-state index < -0.39 is 0 Å². The standard InChI is InChI=1S/C10H12FN/c1-6-7(8-5-10(8)12)3-2-4-9(6)11/h2-4,8,10H,5,12H2,1H3. The van der Waals surface area contributed by atoms with E-state index in [-0.39, 0.29) is 11.9 Å². The molecule has 2 heteroatoms. The van der Waals surface area contributed by atoms with E-state index >= 15 is 0 Å². The highest BCUT2D eigenvalue weighted by Crippen LogP contribution is 2.40. The van der Waals surface area contributed by atoms with Crippen molar-refractivity contribution in [1.29, 1.82) is 0 Å². The van der Waals surface area contributed by atoms with Crippen molar-refractivity contribution in [2.45, 2.75) is 25.3 Å². The van der Waals surface area contributed by atoms with Crippen molar-refractivity contribution in [3.05, 3.63) is 35.1 Å². The van der Waals surface area contributed by atoms with Gasteiger partial charge in [0.1, 0.15) is 5.82 Å². The fraction of sp³-hybridized carbons (Fsp3) is 0.400. The summed E-state index contributed by atoms with van der Waals surface area (Å²) in [6.07, 6.45) is 1.00. The fourth-order valence-electron chi connectivity index (χ4n) is 1.60. The van der Waals surface area contributed by atoms with E-state index in [2.05, 4.69) is 0 Å². The number of rotatable bonds is 1. The topological polar surface area (TPSA) is 26.0 Å². The van der Waals surface area contributed by atoms with Gasteiger partial charge in [-0.05, 0) is 30.5 Å². The number of hydrogen-bond acceptors (Lipinski definition) is 1. The van der Waals surface area contributed by atoms with Crippen LogP contribution < -0.4 is 5.73 Å². The second kappa shape index (κ2) is 2.56. The maximum Gasteiger partial charge on any atom is 0.126 e. The van der Waals surface area contributed by atoms with Crippen molar-refractivity contribution in [2.75, 3.05) is 0 Å². The molecule has 1 fully saturated rings. The lowest BCUT2D eigenvalue weighted by molar-refractivity contribution is 0.615. The molecule has 0 heterocycles. The van der Waals surface area contributed by atoms with Crippen LogP contribution in [0.15, 0.2) is 18.2 Å². The summed E-state index contributed by atoms with van der Waals surface area (Å²) in [4.78, 5) is 0. The second-order valence-electron chi connectivity index (χ2n) is 3.46. The normalized spacial score (nSPS) is 27.2. The molecule has 0 spiro atoms. The summed E-state index contributed by atoms with van der Waals surface area (Å²) in [5.74, 6) is 0.285. The molecule has 1 aliphatic carbocycles. The Hall–Kier alpha value is -0.890. The Balaban J connectivity index is 2.38. The monoisotopic (exact) mass is 165 g/mol. The van der Waals surface area contributed by atoms with Gasteiger partial charge in [0.05, 0.1) is 0 Å². The Morgan fingerprint density at radius 3 is 2.75 bits per heavy atom. The molecule has 1 aliphatic rings. The summed E-state index contributed by atoms with van der Waals surface area (Å²) in [5.41, 5.74) is 7.54. The quantitative estimate of drug-likeness (QED) is 0.676. The average molecular weight is 165 g/mol. The molecule has 2 N–H and O–H groups in total. The van der Waals surface area contributed by atoms with Crippen LogP contribution in [0.3, 0.4) is 0 Å². The molecule has 0 radical (unpaired) electrons. The van der Waals surface area contributed by atoms with Crippen LogP contribution in [0.1, 0.15) is 23.5 Å². The molecule has 1 saturated carbocycles. The lowest BCUT2D eigenvalue weighted by atomic mass is 10.0. The first-order valence-electron chi connectivity index (χ1n) is 4.20. The van der Waals surface area contributed by atoms with E-state index in [0.29, 0.717) is 5.92 Å². The predicted molar refractivity (Wildman–Crippen MR) is 46.5 cm³/mol. The van der Waals surface area contributed by atoms with E-state index in [1.165, 1.54) is 6.07 Å². The Morgan fingerprint density at radius 2 is 2.17 bits per heavy atom. The van der Waals surface area contributed by atoms with E-state index in [1.807, 2.05) is 13.0 Å². The molecular weight excluding hydrogens is 153 g/mol. The lowest BCUT2D eigenvalue weighted by Gasteiger charge is -2.04. The maximum absolute atomic E-state index is 13.1. The van der Waals surface area contributed by atoms with Crippen molar-refractivity contribution in [3.63, 3.8) is 0 Å². The van der Waals surface area contributed by atoms with Gasteiger partial charge in [-0.2, -0.15) is 0 Å². The summed E-state index contributed by atoms with van der Waals surface area (Å²) in [5, 5.41) is 0. The zero-order valence-corrected chi connectivity index (χ0v) is 7.05. The maximum atomic E-state index is 13.1. The predicted octanol–water partition coefficient (Wildman–Crippen LogP) is 1.95. The van der Waals surface area contributed by atoms with Gasteiger partial charge in [0, 0.05) is 12.0 Å². The van der Waals surface area contributed by atoms with Crippen LogP contribution in [-0.2, 0) is 0 Å². The largest absolute Gasteiger partial charge is 0.327 e. The van der Waals surface area contributed by atoms with E-state index in [0.717, 1.165) is 17.5 Å². The second-order valence-corrected chi connectivity index (χ2v) is 3.46. The smallest absolute Gasteiger partial charge is 0.126 e. The lowest BCUT2D eigenvalue weighted by Crippen LogP contribution is -2.02. The minimum Gasteiger partial charge on any atom is -0.327 e. The number of halogens is 1. The Bertz CT molecular complexity index is 309. The van der Waals surface area contributed by atoms with Crippen LogP contribution in [-0.4, -0.2) is 6.04 Å². The summed E-state index contributed by atoms with van der Waals surface area (Å²) >= 11 is 0. The van der Waals surface area contributed by atoms with E-state index in [1.54, 1.807) is 6.07 Å². The summed E-state index contributed by atoms with van der Waals surface area (Å²) in [7, 11) is 0. The minimum atomic E-state index is -0.119. The van der Waals surface area contributed by atoms with Gasteiger partial charge < -0.3 is 5.73 Å². The molecular formula is C10H12FN. The summed E-state index contributed by atoms with van der Waals surface area (Å²) < 4.78 is 13.1. The van der Waals surface area contributed by atoms with Crippen molar-refractivity contribution in [1.82, 2.24) is 0 Å². The highest BCUT2D eigenvalue weighted by atomic mass is 19.1. The molecule has 12 heavy (non-hydrogen) atoms. The van der Waals surface area contributed by atoms with Crippen LogP contribution in [0.25, 0.3) is 0 Å². The van der Waals surface area contributed by atoms with Gasteiger partial charge in [-0.15, -0.1) is 0 Å². The molecule has 0 bridgehead atoms. The SMILES string of the molecule is Cc1c(F)cccc1C1CC1N. The number of nitrogens with two attached hydrogens (primary N) is 1. The Morgan fingerprint density at radius 1 is 1.50 bits per heavy atom. The van der Waals surface area contributed by atoms with Crippen LogP contribution in [0.2, 0.25) is 0 Å². The molecule has 2 rings (SSSR count). The highest BCUT2D eigenvalue weighted by molar-refractivity contribution is 5.35. The van der Waals surface area contributed by atoms with Gasteiger partial charge in [0.2, 0.25) is 0 Å². The molecule has 0 aliphatic heterocycles. The first kappa shape index (κ1) is 7.74. The third-order valence-electron chi connectivity index (χ3n) is 2.55. The van der Waals surface area contributed by atoms with E-state index in [4.69, 9.17) is 5.73 Å². The van der Waals surface area contributed by atoms with Gasteiger partial charge >= 0.3 is 0 Å². The minimum absolute atomic E-state index is 0.119. The summed E-state index contributed by atoms with van der Waals surface area (Å²) in [6.45, 7) is 1.82. The third-order valence-corrected chi connectivity index (χ3v) is 2.55. The third kappa shape index (κ3) is 1.12. The fourth-order valence-corrected chi connectivity index (χ4v) is 1.60. The van der Waals surface area contributed by atoms with Gasteiger partial charge in [-0.1, -0.05) is 12.1 Å². The molecule has 2 atom stereocenters. The van der Waals surface area contributed by atoms with Crippen molar-refractivity contribution >= 4 is 0 Å². The number of hydrogen-bond donors (Lipinski definition) is 1. The number of benzene rings is 1. The molecule has 2 unspecified atom stereocenters. The van der Waals surface area contributed by atoms with Crippen LogP contribution in [0.4, 0.5) is 4.39 Å². The molecule has 0 amide bonds. The summed E-state index contributed by atoms with van der Waals surface area (Å²) in [6, 6.07) is 5.47. The molecule has 1 aromatic rings. The van der Waals surface area contributed by atoms with Gasteiger partial charge in [-0.25, -0.2) is 4.39 Å². The highest BCUT2D eigenvalue weighted by Gasteiger charge is 2.35. The van der Waals surface area contributed by atoms with Gasteiger partial charge in [0.15, 0.2) is 0 Å². The van der Waals surface area contributed by atoms with Crippen molar-refractivity contribution in [2.24, 2.45) is 5.73 Å². The zero-order chi connectivity index (χ0) is 8.72. The molecule has 64 valence electrons. The molecule has 0 aromatic heterocycles. The first-order valence-corrected chi connectivity index (χ1v) is 4.20. The van der Waals surface area contributed by atoms with Gasteiger partial charge in [-0.3, -0.25) is 0 Å².